The number of carbonyl (C=O) groups is 1. The molecule has 0 amide bonds. The molecule has 31 nitrogen and oxygen atoms in total. The van der Waals surface area contributed by atoms with Crippen molar-refractivity contribution in [1.29, 1.82) is 0 Å². The molecule has 0 aliphatic carbocycles. The maximum atomic E-state index is 14.1. The summed E-state index contributed by atoms with van der Waals surface area (Å²) in [5.41, 5.74) is 1.45. The average molecular weight is 1180 g/mol. The van der Waals surface area contributed by atoms with Crippen LogP contribution in [-0.4, -0.2) is 317 Å². The minimum absolute atomic E-state index is 0.0933. The molecule has 0 aromatic heterocycles. The van der Waals surface area contributed by atoms with Crippen LogP contribution in [0.3, 0.4) is 0 Å². The van der Waals surface area contributed by atoms with E-state index in [9.17, 15) is 91.6 Å². The van der Waals surface area contributed by atoms with Gasteiger partial charge in [-0.25, -0.2) is 4.79 Å². The van der Waals surface area contributed by atoms with Gasteiger partial charge in [-0.3, -0.25) is 0 Å². The number of hydrogen-bond acceptors (Lipinski definition) is 31. The SMILES string of the molecule is O=C(O[C@@H]1[C@@H](O)[C@H]2O[C@H]3[C@H](O)[C@@H](O)[C@@H](O[C@H]4[C@H](O)[C@@H](O)[C@@H](O[C@H]5[C@H](O)[C@@H](O)[C@@H](O[C@H]6[C@H](O)[C@@H](O)[C@@H](O[C@H]7[C@H](O)[C@@H](O)[C@@H](O[C@@H]1[C@@H](CO)O2)O[C@@H]7CO)O[C@@H]6CO)O[C@@H]5CO)O[C@@H]4CO)O[C@@H]3CO)c1ccc(/C=C/c2ccccc2)cc1. The van der Waals surface area contributed by atoms with E-state index in [2.05, 4.69) is 0 Å². The first-order chi connectivity index (χ1) is 39.3. The third-order valence-electron chi connectivity index (χ3n) is 15.3. The zero-order valence-corrected chi connectivity index (χ0v) is 43.2. The Morgan fingerprint density at radius 2 is 0.585 bits per heavy atom. The number of aliphatic hydroxyl groups is 17. The van der Waals surface area contributed by atoms with Gasteiger partial charge in [0.2, 0.25) is 0 Å². The van der Waals surface area contributed by atoms with Crippen molar-refractivity contribution < 1.29 is 153 Å². The van der Waals surface area contributed by atoms with Gasteiger partial charge in [0, 0.05) is 0 Å². The number of carbonyl (C=O) groups excluding carboxylic acids is 1. The maximum Gasteiger partial charge on any atom is 0.338 e. The van der Waals surface area contributed by atoms with Crippen molar-refractivity contribution in [2.45, 2.75) is 184 Å². The van der Waals surface area contributed by atoms with Gasteiger partial charge in [0.1, 0.15) is 140 Å². The van der Waals surface area contributed by atoms with Crippen LogP contribution < -0.4 is 0 Å². The highest BCUT2D eigenvalue weighted by Crippen LogP contribution is 2.39. The predicted molar refractivity (Wildman–Crippen MR) is 261 cm³/mol. The van der Waals surface area contributed by atoms with Crippen LogP contribution in [0.4, 0.5) is 0 Å². The number of esters is 1. The second kappa shape index (κ2) is 27.5. The molecule has 0 radical (unpaired) electrons. The Morgan fingerprint density at radius 3 is 0.878 bits per heavy atom. The second-order valence-corrected chi connectivity index (χ2v) is 20.6. The van der Waals surface area contributed by atoms with E-state index in [-0.39, 0.29) is 5.56 Å². The molecule has 12 bridgehead atoms. The van der Waals surface area contributed by atoms with Crippen LogP contribution in [0.5, 0.6) is 0 Å². The molecule has 22 heterocycles. The molecule has 22 saturated heterocycles. The molecule has 31 heteroatoms. The normalized spacial score (nSPS) is 46.8. The van der Waals surface area contributed by atoms with Crippen LogP contribution in [0, 0.1) is 0 Å². The topological polar surface area (TPSA) is 481 Å². The Labute approximate surface area is 465 Å². The van der Waals surface area contributed by atoms with E-state index in [0.717, 1.165) is 5.56 Å². The summed E-state index contributed by atoms with van der Waals surface area (Å²) >= 11 is 0. The summed E-state index contributed by atoms with van der Waals surface area (Å²) < 4.78 is 75.6. The third kappa shape index (κ3) is 12.9. The number of rotatable bonds is 10. The minimum atomic E-state index is -2.24. The van der Waals surface area contributed by atoms with Crippen LogP contribution in [0.15, 0.2) is 54.6 Å². The number of hydrogen-bond donors (Lipinski definition) is 17. The first-order valence-corrected chi connectivity index (χ1v) is 26.4. The van der Waals surface area contributed by atoms with Gasteiger partial charge in [-0.05, 0) is 23.3 Å². The van der Waals surface area contributed by atoms with Gasteiger partial charge in [0.15, 0.2) is 43.8 Å². The first kappa shape index (κ1) is 63.0. The summed E-state index contributed by atoms with van der Waals surface area (Å²) in [6, 6.07) is 15.2. The molecule has 0 saturated carbocycles. The lowest BCUT2D eigenvalue weighted by atomic mass is 9.94. The van der Waals surface area contributed by atoms with Gasteiger partial charge in [-0.1, -0.05) is 54.6 Å². The summed E-state index contributed by atoms with van der Waals surface area (Å²) in [6.07, 6.45) is -56.5. The van der Waals surface area contributed by atoms with E-state index < -0.39 is 230 Å². The molecule has 2 aromatic carbocycles. The Bertz CT molecular complexity index is 2350. The van der Waals surface area contributed by atoms with Gasteiger partial charge in [0.05, 0.1) is 45.2 Å². The van der Waals surface area contributed by atoms with Crippen LogP contribution >= 0.6 is 0 Å². The quantitative estimate of drug-likeness (QED) is 0.0776. The Kier molecular flexibility index (Phi) is 21.1. The molecule has 0 unspecified atom stereocenters. The lowest BCUT2D eigenvalue weighted by Crippen LogP contribution is -2.69. The van der Waals surface area contributed by atoms with Crippen molar-refractivity contribution >= 4 is 18.1 Å². The predicted octanol–water partition coefficient (Wildman–Crippen LogP) is -9.02. The van der Waals surface area contributed by atoms with Crippen LogP contribution in [0.2, 0.25) is 0 Å². The van der Waals surface area contributed by atoms with Crippen molar-refractivity contribution in [3.8, 4) is 0 Å². The number of ether oxygens (including phenoxy) is 13. The Morgan fingerprint density at radius 1 is 0.329 bits per heavy atom. The Balaban J connectivity index is 1.03. The zero-order chi connectivity index (χ0) is 58.8. The standard InChI is InChI=1S/C51H70O31/c52-12-21-38-27(58)32(63)46(70-21)78-39-22(13-53)72-48(34(65)29(39)60)80-41-24(15-55)74-50(36(67)31(41)62)82-43-26(17-57)75-51(37(68)44(43)76-45(69)20-10-8-19(9-11-20)7-6-18-4-2-1-3-5-18)81-42-25(16-56)73-49(35(66)30(42)61)79-40-23(14-54)71-47(77-38)33(64)28(40)59/h1-11,21-44,46-68H,12-17H2/b7-6+/t21-,22-,23-,24-,25-,26-,27-,28-,29-,30-,31-,32-,33-,34-,35-,36-,37-,38-,39-,40-,41-,42-,43-,44-,46-,47-,48-,49-,50-,51-/m1/s1. The summed E-state index contributed by atoms with van der Waals surface area (Å²) in [5.74, 6) is -1.12. The summed E-state index contributed by atoms with van der Waals surface area (Å²) in [4.78, 5) is 14.1. The number of aliphatic hydroxyl groups excluding tert-OH is 17. The largest absolute Gasteiger partial charge is 0.453 e. The highest BCUT2D eigenvalue weighted by atomic mass is 16.8. The highest BCUT2D eigenvalue weighted by molar-refractivity contribution is 5.90. The molecular weight excluding hydrogens is 1110 g/mol. The molecule has 2 aromatic rings. The van der Waals surface area contributed by atoms with E-state index in [1.54, 1.807) is 18.2 Å². The fraction of sp³-hybridized carbons (Fsp3) is 0.706. The summed E-state index contributed by atoms with van der Waals surface area (Å²) in [6.45, 7) is -6.23. The van der Waals surface area contributed by atoms with Crippen molar-refractivity contribution in [3.63, 3.8) is 0 Å². The van der Waals surface area contributed by atoms with Crippen LogP contribution in [-0.2, 0) is 61.6 Å². The molecule has 460 valence electrons. The second-order valence-electron chi connectivity index (χ2n) is 20.6. The van der Waals surface area contributed by atoms with E-state index in [0.29, 0.717) is 5.56 Å². The van der Waals surface area contributed by atoms with E-state index in [1.807, 2.05) is 36.4 Å². The molecule has 22 aliphatic heterocycles. The number of benzene rings is 2. The first-order valence-electron chi connectivity index (χ1n) is 26.4. The van der Waals surface area contributed by atoms with Gasteiger partial charge in [-0.15, -0.1) is 0 Å². The minimum Gasteiger partial charge on any atom is -0.453 e. The van der Waals surface area contributed by atoms with Crippen molar-refractivity contribution in [3.05, 3.63) is 71.3 Å². The van der Waals surface area contributed by atoms with Crippen LogP contribution in [0.25, 0.3) is 12.2 Å². The fourth-order valence-corrected chi connectivity index (χ4v) is 10.7. The molecular formula is C51H70O31. The highest BCUT2D eigenvalue weighted by Gasteiger charge is 2.59. The van der Waals surface area contributed by atoms with E-state index in [1.165, 1.54) is 12.1 Å². The molecule has 22 fully saturated rings. The maximum absolute atomic E-state index is 14.1. The van der Waals surface area contributed by atoms with Gasteiger partial charge in [0.25, 0.3) is 0 Å². The molecule has 0 spiro atoms. The average Bonchev–Trinajstić information content (AvgIpc) is 3.51. The van der Waals surface area contributed by atoms with Crippen LogP contribution in [0.1, 0.15) is 21.5 Å². The van der Waals surface area contributed by atoms with Gasteiger partial charge < -0.3 is 148 Å². The van der Waals surface area contributed by atoms with Crippen molar-refractivity contribution in [1.82, 2.24) is 0 Å². The summed E-state index contributed by atoms with van der Waals surface area (Å²) in [7, 11) is 0. The fourth-order valence-electron chi connectivity index (χ4n) is 10.7. The van der Waals surface area contributed by atoms with E-state index in [4.69, 9.17) is 61.6 Å². The zero-order valence-electron chi connectivity index (χ0n) is 43.2. The molecule has 22 aliphatic rings. The lowest BCUT2D eigenvalue weighted by molar-refractivity contribution is -0.403. The van der Waals surface area contributed by atoms with E-state index >= 15 is 0 Å². The molecule has 30 atom stereocenters. The molecule has 17 N–H and O–H groups in total. The smallest absolute Gasteiger partial charge is 0.338 e. The van der Waals surface area contributed by atoms with Crippen molar-refractivity contribution in [2.75, 3.05) is 39.6 Å². The Hall–Kier alpha value is -3.51. The monoisotopic (exact) mass is 1180 g/mol. The van der Waals surface area contributed by atoms with Gasteiger partial charge >= 0.3 is 5.97 Å². The molecule has 24 rings (SSSR count). The molecule has 82 heavy (non-hydrogen) atoms. The third-order valence-corrected chi connectivity index (χ3v) is 15.3. The van der Waals surface area contributed by atoms with Crippen molar-refractivity contribution in [2.24, 2.45) is 0 Å². The van der Waals surface area contributed by atoms with Gasteiger partial charge in [-0.2, -0.15) is 0 Å². The summed E-state index contributed by atoms with van der Waals surface area (Å²) in [5, 5.41) is 190. The lowest BCUT2D eigenvalue weighted by Gasteiger charge is -2.51.